The van der Waals surface area contributed by atoms with E-state index in [-0.39, 0.29) is 26.3 Å². The van der Waals surface area contributed by atoms with E-state index in [2.05, 4.69) is 0 Å². The van der Waals surface area contributed by atoms with Gasteiger partial charge < -0.3 is 9.84 Å². The molecule has 0 atom stereocenters. The maximum atomic E-state index is 12.1. The minimum absolute atomic E-state index is 0.0353. The molecule has 1 saturated heterocycles. The molecule has 0 aliphatic carbocycles. The zero-order chi connectivity index (χ0) is 19.4. The fraction of sp³-hybridized carbons (Fsp3) is 0.222. The third-order valence-corrected chi connectivity index (χ3v) is 5.45. The number of aliphatic hydroxyl groups excluding tert-OH is 1. The predicted molar refractivity (Wildman–Crippen MR) is 95.4 cm³/mol. The second-order valence-electron chi connectivity index (χ2n) is 6.05. The number of carbonyl (C=O) groups is 2. The van der Waals surface area contributed by atoms with E-state index in [4.69, 9.17) is 9.84 Å². The van der Waals surface area contributed by atoms with E-state index in [0.29, 0.717) is 11.1 Å². The van der Waals surface area contributed by atoms with Crippen LogP contribution in [0.15, 0.2) is 48.5 Å². The van der Waals surface area contributed by atoms with E-state index in [0.717, 1.165) is 15.4 Å². The average molecular weight is 390 g/mol. The summed E-state index contributed by atoms with van der Waals surface area (Å²) in [6.07, 6.45) is 0. The molecule has 8 nitrogen and oxygen atoms in total. The summed E-state index contributed by atoms with van der Waals surface area (Å²) in [6, 6.07) is 13.4. The summed E-state index contributed by atoms with van der Waals surface area (Å²) >= 11 is 0. The third kappa shape index (κ3) is 4.70. The number of benzene rings is 2. The van der Waals surface area contributed by atoms with Crippen LogP contribution in [0.3, 0.4) is 0 Å². The molecule has 0 bridgehead atoms. The Hall–Kier alpha value is -2.75. The fourth-order valence-electron chi connectivity index (χ4n) is 2.55. The topological polar surface area (TPSA) is 113 Å². The highest BCUT2D eigenvalue weighted by Gasteiger charge is 2.33. The summed E-state index contributed by atoms with van der Waals surface area (Å²) in [4.78, 5) is 23.3. The lowest BCUT2D eigenvalue weighted by Crippen LogP contribution is -2.29. The molecular weight excluding hydrogens is 372 g/mol. The molecule has 0 saturated carbocycles. The highest BCUT2D eigenvalue weighted by Crippen LogP contribution is 2.14. The first-order valence-corrected chi connectivity index (χ1v) is 9.57. The third-order valence-electron chi connectivity index (χ3n) is 4.03. The molecule has 2 aromatic carbocycles. The van der Waals surface area contributed by atoms with Crippen LogP contribution in [0, 0.1) is 0 Å². The summed E-state index contributed by atoms with van der Waals surface area (Å²) in [5.41, 5.74) is 2.56. The second-order valence-corrected chi connectivity index (χ2v) is 7.72. The van der Waals surface area contributed by atoms with Gasteiger partial charge in [-0.2, -0.15) is 12.7 Å². The highest BCUT2D eigenvalue weighted by molar-refractivity contribution is 7.88. The number of aliphatic hydroxyl groups is 1. The first kappa shape index (κ1) is 19.0. The van der Waals surface area contributed by atoms with Crippen molar-refractivity contribution < 1.29 is 27.9 Å². The van der Waals surface area contributed by atoms with Crippen LogP contribution in [-0.4, -0.2) is 36.3 Å². The minimum Gasteiger partial charge on any atom is -0.457 e. The molecule has 9 heteroatoms. The summed E-state index contributed by atoms with van der Waals surface area (Å²) < 4.78 is 31.6. The van der Waals surface area contributed by atoms with Gasteiger partial charge in [-0.3, -0.25) is 4.79 Å². The van der Waals surface area contributed by atoms with Gasteiger partial charge >= 0.3 is 16.2 Å². The van der Waals surface area contributed by atoms with Crippen molar-refractivity contribution >= 4 is 22.1 Å². The predicted octanol–water partition coefficient (Wildman–Crippen LogP) is 0.713. The molecule has 0 aromatic heterocycles. The SMILES string of the molecule is O=C1CN(Cc2ccc(C(=O)OCc3ccc(CO)cc3)cc2)S(=O)(=O)N1. The number of hydrogen-bond acceptors (Lipinski definition) is 6. The van der Waals surface area contributed by atoms with Gasteiger partial charge in [-0.1, -0.05) is 36.4 Å². The highest BCUT2D eigenvalue weighted by atomic mass is 32.2. The van der Waals surface area contributed by atoms with Crippen LogP contribution in [0.25, 0.3) is 0 Å². The number of nitrogens with one attached hydrogen (secondary N) is 1. The van der Waals surface area contributed by atoms with Gasteiger partial charge in [0.25, 0.3) is 0 Å². The molecular formula is C18H18N2O6S. The lowest BCUT2D eigenvalue weighted by molar-refractivity contribution is -0.118. The standard InChI is InChI=1S/C18H18N2O6S/c21-11-14-1-3-15(4-2-14)12-26-18(23)16-7-5-13(6-8-16)9-20-10-17(22)19-27(20,24)25/h1-8,21H,9-12H2,(H,19,22). The Labute approximate surface area is 156 Å². The Morgan fingerprint density at radius 2 is 1.63 bits per heavy atom. The van der Waals surface area contributed by atoms with Gasteiger partial charge in [0, 0.05) is 6.54 Å². The van der Waals surface area contributed by atoms with E-state index in [1.165, 1.54) is 0 Å². The van der Waals surface area contributed by atoms with Crippen LogP contribution in [0.4, 0.5) is 0 Å². The van der Waals surface area contributed by atoms with E-state index in [1.54, 1.807) is 48.5 Å². The molecule has 0 spiro atoms. The molecule has 3 rings (SSSR count). The molecule has 0 radical (unpaired) electrons. The molecule has 2 aromatic rings. The Morgan fingerprint density at radius 1 is 1.04 bits per heavy atom. The number of esters is 1. The maximum absolute atomic E-state index is 12.1. The van der Waals surface area contributed by atoms with Crippen LogP contribution < -0.4 is 4.72 Å². The van der Waals surface area contributed by atoms with Gasteiger partial charge in [-0.05, 0) is 28.8 Å². The number of ether oxygens (including phenoxy) is 1. The van der Waals surface area contributed by atoms with E-state index in [9.17, 15) is 18.0 Å². The molecule has 27 heavy (non-hydrogen) atoms. The summed E-state index contributed by atoms with van der Waals surface area (Å²) in [6.45, 7) is -0.129. The van der Waals surface area contributed by atoms with E-state index in [1.807, 2.05) is 4.72 Å². The maximum Gasteiger partial charge on any atom is 0.338 e. The van der Waals surface area contributed by atoms with Crippen molar-refractivity contribution in [1.29, 1.82) is 0 Å². The van der Waals surface area contributed by atoms with Crippen LogP contribution in [0.1, 0.15) is 27.0 Å². The van der Waals surface area contributed by atoms with Crippen molar-refractivity contribution in [3.8, 4) is 0 Å². The van der Waals surface area contributed by atoms with Crippen molar-refractivity contribution in [1.82, 2.24) is 9.03 Å². The van der Waals surface area contributed by atoms with Gasteiger partial charge in [0.05, 0.1) is 18.7 Å². The first-order valence-electron chi connectivity index (χ1n) is 8.13. The van der Waals surface area contributed by atoms with Crippen molar-refractivity contribution in [2.75, 3.05) is 6.54 Å². The quantitative estimate of drug-likeness (QED) is 0.703. The molecule has 1 heterocycles. The van der Waals surface area contributed by atoms with Crippen LogP contribution in [-0.2, 0) is 39.5 Å². The van der Waals surface area contributed by atoms with Crippen molar-refractivity contribution in [3.63, 3.8) is 0 Å². The molecule has 142 valence electrons. The summed E-state index contributed by atoms with van der Waals surface area (Å²) in [5, 5.41) is 9.01. The Bertz CT molecular complexity index is 939. The molecule has 1 aliphatic heterocycles. The van der Waals surface area contributed by atoms with E-state index >= 15 is 0 Å². The van der Waals surface area contributed by atoms with Gasteiger partial charge in [0.2, 0.25) is 5.91 Å². The zero-order valence-corrected chi connectivity index (χ0v) is 15.1. The van der Waals surface area contributed by atoms with Crippen LogP contribution in [0.2, 0.25) is 0 Å². The molecule has 1 fully saturated rings. The lowest BCUT2D eigenvalue weighted by Gasteiger charge is -2.12. The van der Waals surface area contributed by atoms with Gasteiger partial charge in [-0.15, -0.1) is 0 Å². The van der Waals surface area contributed by atoms with Crippen molar-refractivity contribution in [2.45, 2.75) is 19.8 Å². The summed E-state index contributed by atoms with van der Waals surface area (Å²) in [5.74, 6) is -1.07. The zero-order valence-electron chi connectivity index (χ0n) is 14.3. The van der Waals surface area contributed by atoms with E-state index < -0.39 is 22.1 Å². The number of hydrogen-bond donors (Lipinski definition) is 2. The second kappa shape index (κ2) is 7.87. The van der Waals surface area contributed by atoms with Crippen LogP contribution in [0.5, 0.6) is 0 Å². The number of carbonyl (C=O) groups excluding carboxylic acids is 2. The molecule has 0 unspecified atom stereocenters. The lowest BCUT2D eigenvalue weighted by atomic mass is 10.1. The number of rotatable bonds is 6. The number of nitrogens with zero attached hydrogens (tertiary/aromatic N) is 1. The molecule has 1 aliphatic rings. The first-order chi connectivity index (χ1) is 12.9. The van der Waals surface area contributed by atoms with Crippen LogP contribution >= 0.6 is 0 Å². The largest absolute Gasteiger partial charge is 0.457 e. The van der Waals surface area contributed by atoms with Crippen molar-refractivity contribution in [3.05, 3.63) is 70.8 Å². The molecule has 2 N–H and O–H groups in total. The smallest absolute Gasteiger partial charge is 0.338 e. The van der Waals surface area contributed by atoms with Gasteiger partial charge in [-0.25, -0.2) is 9.52 Å². The van der Waals surface area contributed by atoms with Crippen molar-refractivity contribution in [2.24, 2.45) is 0 Å². The summed E-state index contributed by atoms with van der Waals surface area (Å²) in [7, 11) is -3.78. The average Bonchev–Trinajstić information content (AvgIpc) is 2.92. The normalized spacial score (nSPS) is 16.1. The van der Waals surface area contributed by atoms with Gasteiger partial charge in [0.1, 0.15) is 6.61 Å². The van der Waals surface area contributed by atoms with Gasteiger partial charge in [0.15, 0.2) is 0 Å². The Balaban J connectivity index is 1.57. The monoisotopic (exact) mass is 390 g/mol. The fourth-order valence-corrected chi connectivity index (χ4v) is 3.64. The molecule has 1 amide bonds. The number of amides is 1. The minimum atomic E-state index is -3.78. The Morgan fingerprint density at radius 3 is 2.19 bits per heavy atom. The Kier molecular flexibility index (Phi) is 5.54.